The van der Waals surface area contributed by atoms with Gasteiger partial charge >= 0.3 is 0 Å². The molecular weight excluding hydrogens is 336 g/mol. The van der Waals surface area contributed by atoms with Crippen molar-refractivity contribution in [1.82, 2.24) is 0 Å². The minimum Gasteiger partial charge on any atom is -0.315 e. The first kappa shape index (κ1) is 16.1. The predicted molar refractivity (Wildman–Crippen MR) is 97.6 cm³/mol. The van der Waals surface area contributed by atoms with E-state index in [0.29, 0.717) is 6.54 Å². The number of fused-ring (bicyclic) bond motifs is 2. The van der Waals surface area contributed by atoms with Crippen molar-refractivity contribution in [3.05, 3.63) is 53.6 Å². The molecule has 0 bridgehead atoms. The van der Waals surface area contributed by atoms with Crippen LogP contribution < -0.4 is 9.21 Å². The predicted octanol–water partition coefficient (Wildman–Crippen LogP) is 2.69. The topological polar surface area (TPSA) is 57.7 Å². The Kier molecular flexibility index (Phi) is 3.28. The average molecular weight is 356 g/mol. The number of hydrogen-bond acceptors (Lipinski definition) is 3. The number of carbonyl (C=O) groups excluding carboxylic acids is 1. The van der Waals surface area contributed by atoms with Gasteiger partial charge in [-0.25, -0.2) is 8.42 Å². The van der Waals surface area contributed by atoms with Gasteiger partial charge in [-0.1, -0.05) is 32.0 Å². The quantitative estimate of drug-likeness (QED) is 0.831. The summed E-state index contributed by atoms with van der Waals surface area (Å²) in [6.45, 7) is 4.51. The molecule has 6 heteroatoms. The van der Waals surface area contributed by atoms with Crippen molar-refractivity contribution in [1.29, 1.82) is 0 Å². The molecule has 130 valence electrons. The minimum atomic E-state index is -3.68. The van der Waals surface area contributed by atoms with E-state index in [-0.39, 0.29) is 22.6 Å². The third-order valence-electron chi connectivity index (χ3n) is 5.16. The molecule has 2 aliphatic rings. The normalized spacial score (nSPS) is 18.4. The summed E-state index contributed by atoms with van der Waals surface area (Å²) in [6, 6.07) is 12.6. The molecule has 1 amide bonds. The van der Waals surface area contributed by atoms with E-state index < -0.39 is 10.0 Å². The van der Waals surface area contributed by atoms with Crippen LogP contribution in [0.2, 0.25) is 0 Å². The summed E-state index contributed by atoms with van der Waals surface area (Å²) in [5.41, 5.74) is 3.08. The van der Waals surface area contributed by atoms with Crippen LogP contribution in [-0.2, 0) is 26.7 Å². The molecule has 0 spiro atoms. The van der Waals surface area contributed by atoms with Gasteiger partial charge in [0.05, 0.1) is 17.0 Å². The van der Waals surface area contributed by atoms with E-state index >= 15 is 0 Å². The van der Waals surface area contributed by atoms with Gasteiger partial charge in [-0.2, -0.15) is 0 Å². The fraction of sp³-hybridized carbons (Fsp3) is 0.316. The number of rotatable bonds is 2. The maximum Gasteiger partial charge on any atom is 0.264 e. The number of para-hydroxylation sites is 1. The van der Waals surface area contributed by atoms with Crippen molar-refractivity contribution in [3.63, 3.8) is 0 Å². The van der Waals surface area contributed by atoms with Crippen molar-refractivity contribution in [3.8, 4) is 0 Å². The average Bonchev–Trinajstić information content (AvgIpc) is 3.02. The Hall–Kier alpha value is -2.34. The lowest BCUT2D eigenvalue weighted by Gasteiger charge is -2.22. The van der Waals surface area contributed by atoms with Crippen LogP contribution >= 0.6 is 0 Å². The van der Waals surface area contributed by atoms with E-state index in [1.165, 1.54) is 4.31 Å². The number of anilines is 2. The van der Waals surface area contributed by atoms with Crippen LogP contribution in [-0.4, -0.2) is 27.9 Å². The van der Waals surface area contributed by atoms with Crippen LogP contribution in [0.5, 0.6) is 0 Å². The highest BCUT2D eigenvalue weighted by Crippen LogP contribution is 2.43. The SMILES string of the molecule is CN1C(=O)Cc2cc(S(=O)(=O)N3CC(C)(C)c4ccccc43)ccc21. The molecule has 0 N–H and O–H groups in total. The summed E-state index contributed by atoms with van der Waals surface area (Å²) in [4.78, 5) is 13.7. The van der Waals surface area contributed by atoms with Crippen LogP contribution in [0.1, 0.15) is 25.0 Å². The first-order chi connectivity index (χ1) is 11.7. The van der Waals surface area contributed by atoms with Crippen LogP contribution in [0.3, 0.4) is 0 Å². The zero-order chi connectivity index (χ0) is 18.0. The third kappa shape index (κ3) is 2.28. The highest BCUT2D eigenvalue weighted by atomic mass is 32.2. The van der Waals surface area contributed by atoms with E-state index in [4.69, 9.17) is 0 Å². The Bertz CT molecular complexity index is 995. The Morgan fingerprint density at radius 1 is 1.04 bits per heavy atom. The molecule has 0 aromatic heterocycles. The summed E-state index contributed by atoms with van der Waals surface area (Å²) in [5, 5.41) is 0. The summed E-state index contributed by atoms with van der Waals surface area (Å²) in [7, 11) is -1.97. The fourth-order valence-electron chi connectivity index (χ4n) is 3.74. The first-order valence-corrected chi connectivity index (χ1v) is 9.67. The Morgan fingerprint density at radius 3 is 2.52 bits per heavy atom. The summed E-state index contributed by atoms with van der Waals surface area (Å²) in [5.74, 6) is -0.0165. The van der Waals surface area contributed by atoms with E-state index in [0.717, 1.165) is 22.5 Å². The largest absolute Gasteiger partial charge is 0.315 e. The number of benzene rings is 2. The van der Waals surface area contributed by atoms with Gasteiger partial charge in [0, 0.05) is 24.7 Å². The van der Waals surface area contributed by atoms with Crippen LogP contribution in [0.15, 0.2) is 47.4 Å². The smallest absolute Gasteiger partial charge is 0.264 e. The number of nitrogens with zero attached hydrogens (tertiary/aromatic N) is 2. The van der Waals surface area contributed by atoms with E-state index in [2.05, 4.69) is 13.8 Å². The highest BCUT2D eigenvalue weighted by molar-refractivity contribution is 7.92. The highest BCUT2D eigenvalue weighted by Gasteiger charge is 2.41. The van der Waals surface area contributed by atoms with Gasteiger partial charge in [0.15, 0.2) is 0 Å². The number of hydrogen-bond donors (Lipinski definition) is 0. The van der Waals surface area contributed by atoms with Gasteiger partial charge in [0.1, 0.15) is 0 Å². The van der Waals surface area contributed by atoms with Gasteiger partial charge in [-0.15, -0.1) is 0 Å². The summed E-state index contributed by atoms with van der Waals surface area (Å²) < 4.78 is 28.0. The molecule has 25 heavy (non-hydrogen) atoms. The molecule has 0 unspecified atom stereocenters. The monoisotopic (exact) mass is 356 g/mol. The number of likely N-dealkylation sites (N-methyl/N-ethyl adjacent to an activating group) is 1. The van der Waals surface area contributed by atoms with Crippen molar-refractivity contribution < 1.29 is 13.2 Å². The van der Waals surface area contributed by atoms with Crippen LogP contribution in [0.4, 0.5) is 11.4 Å². The molecule has 2 aromatic carbocycles. The minimum absolute atomic E-state index is 0.0165. The summed E-state index contributed by atoms with van der Waals surface area (Å²) in [6.07, 6.45) is 0.247. The standard InChI is InChI=1S/C19H20N2O3S/c1-19(2)12-21(17-7-5-4-6-15(17)19)25(23,24)14-8-9-16-13(10-14)11-18(22)20(16)3/h4-10H,11-12H2,1-3H3. The number of sulfonamides is 1. The molecule has 4 rings (SSSR count). The van der Waals surface area contributed by atoms with Crippen LogP contribution in [0, 0.1) is 0 Å². The van der Waals surface area contributed by atoms with Crippen molar-refractivity contribution in [2.75, 3.05) is 22.8 Å². The molecule has 5 nitrogen and oxygen atoms in total. The van der Waals surface area contributed by atoms with Gasteiger partial charge in [-0.3, -0.25) is 9.10 Å². The third-order valence-corrected chi connectivity index (χ3v) is 6.91. The zero-order valence-electron chi connectivity index (χ0n) is 14.5. The Morgan fingerprint density at radius 2 is 1.76 bits per heavy atom. The molecule has 2 aromatic rings. The van der Waals surface area contributed by atoms with E-state index in [1.54, 1.807) is 30.1 Å². The fourth-order valence-corrected chi connectivity index (χ4v) is 5.44. The van der Waals surface area contributed by atoms with Crippen LogP contribution in [0.25, 0.3) is 0 Å². The number of carbonyl (C=O) groups is 1. The van der Waals surface area contributed by atoms with Gasteiger partial charge in [0.25, 0.3) is 10.0 Å². The van der Waals surface area contributed by atoms with Crippen molar-refractivity contribution in [2.45, 2.75) is 30.6 Å². The summed E-state index contributed by atoms with van der Waals surface area (Å²) >= 11 is 0. The lowest BCUT2D eigenvalue weighted by atomic mass is 9.87. The molecule has 0 atom stereocenters. The second kappa shape index (κ2) is 5.08. The zero-order valence-corrected chi connectivity index (χ0v) is 15.3. The van der Waals surface area contributed by atoms with E-state index in [1.807, 2.05) is 24.3 Å². The molecule has 2 aliphatic heterocycles. The van der Waals surface area contributed by atoms with E-state index in [9.17, 15) is 13.2 Å². The molecule has 0 saturated heterocycles. The lowest BCUT2D eigenvalue weighted by molar-refractivity contribution is -0.117. The molecule has 2 heterocycles. The molecular formula is C19H20N2O3S. The molecule has 0 aliphatic carbocycles. The van der Waals surface area contributed by atoms with Gasteiger partial charge in [-0.05, 0) is 35.4 Å². The van der Waals surface area contributed by atoms with Gasteiger partial charge < -0.3 is 4.90 Å². The lowest BCUT2D eigenvalue weighted by Crippen LogP contribution is -2.34. The maximum atomic E-state index is 13.3. The number of amides is 1. The second-order valence-corrected chi connectivity index (χ2v) is 9.20. The Balaban J connectivity index is 1.80. The maximum absolute atomic E-state index is 13.3. The Labute approximate surface area is 147 Å². The second-order valence-electron chi connectivity index (χ2n) is 7.33. The molecule has 0 fully saturated rings. The van der Waals surface area contributed by atoms with Crippen molar-refractivity contribution in [2.24, 2.45) is 0 Å². The van der Waals surface area contributed by atoms with Gasteiger partial charge in [0.2, 0.25) is 5.91 Å². The molecule has 0 saturated carbocycles. The first-order valence-electron chi connectivity index (χ1n) is 8.23. The van der Waals surface area contributed by atoms with Crippen molar-refractivity contribution >= 4 is 27.3 Å². The molecule has 0 radical (unpaired) electrons.